The number of nitrogens with one attached hydrogen (secondary N) is 1. The zero-order valence-corrected chi connectivity index (χ0v) is 23.5. The molecule has 3 amide bonds. The summed E-state index contributed by atoms with van der Waals surface area (Å²) in [5, 5.41) is 5.08. The Labute approximate surface area is 234 Å². The van der Waals surface area contributed by atoms with Crippen LogP contribution < -0.4 is 14.8 Å². The Morgan fingerprint density at radius 3 is 2.51 bits per heavy atom. The summed E-state index contributed by atoms with van der Waals surface area (Å²) in [5.74, 6) is 1.31. The summed E-state index contributed by atoms with van der Waals surface area (Å²) in [6.07, 6.45) is 2.36. The van der Waals surface area contributed by atoms with Gasteiger partial charge >= 0.3 is 6.03 Å². The summed E-state index contributed by atoms with van der Waals surface area (Å²) in [7, 11) is 0. The number of carbonyl (C=O) groups is 2. The van der Waals surface area contributed by atoms with E-state index in [-0.39, 0.29) is 25.3 Å². The van der Waals surface area contributed by atoms with Crippen LogP contribution in [-0.2, 0) is 17.9 Å². The fraction of sp³-hybridized carbons (Fsp3) is 0.400. The molecule has 0 atom stereocenters. The van der Waals surface area contributed by atoms with Crippen molar-refractivity contribution in [2.75, 3.05) is 44.8 Å². The number of aryl methyl sites for hydroxylation is 2. The standard InChI is InChI=1S/C30H36N4O4S/c1-22-7-3-4-8-25(22)31-30(36)33(15-14-32-12-5-6-13-32)20-29(35)34(19-28-23(2)11-16-39-28)18-24-9-10-26-27(17-24)38-21-37-26/h3-4,7-11,16-17H,5-6,12-15,18-21H2,1-2H3,(H,31,36). The lowest BCUT2D eigenvalue weighted by atomic mass is 10.1. The Bertz CT molecular complexity index is 1300. The molecule has 8 nitrogen and oxygen atoms in total. The highest BCUT2D eigenvalue weighted by atomic mass is 32.1. The number of hydrogen-bond donors (Lipinski definition) is 1. The molecule has 0 bridgehead atoms. The van der Waals surface area contributed by atoms with E-state index >= 15 is 0 Å². The molecular formula is C30H36N4O4S. The number of anilines is 1. The second-order valence-electron chi connectivity index (χ2n) is 10.2. The van der Waals surface area contributed by atoms with Gasteiger partial charge in [-0.3, -0.25) is 4.79 Å². The summed E-state index contributed by atoms with van der Waals surface area (Å²) in [4.78, 5) is 34.4. The number of amides is 3. The molecule has 39 heavy (non-hydrogen) atoms. The van der Waals surface area contributed by atoms with Crippen LogP contribution in [-0.4, -0.2) is 66.2 Å². The summed E-state index contributed by atoms with van der Waals surface area (Å²) >= 11 is 1.64. The van der Waals surface area contributed by atoms with Crippen LogP contribution in [0.2, 0.25) is 0 Å². The molecule has 0 saturated carbocycles. The predicted octanol–water partition coefficient (Wildman–Crippen LogP) is 5.25. The number of nitrogens with zero attached hydrogens (tertiary/aromatic N) is 3. The Balaban J connectivity index is 1.34. The van der Waals surface area contributed by atoms with Crippen LogP contribution in [0, 0.1) is 13.8 Å². The smallest absolute Gasteiger partial charge is 0.322 e. The molecule has 5 rings (SSSR count). The van der Waals surface area contributed by atoms with E-state index in [0.29, 0.717) is 31.1 Å². The summed E-state index contributed by atoms with van der Waals surface area (Å²) in [6, 6.07) is 15.3. The van der Waals surface area contributed by atoms with E-state index in [1.807, 2.05) is 59.7 Å². The highest BCUT2D eigenvalue weighted by Crippen LogP contribution is 2.33. The molecule has 9 heteroatoms. The van der Waals surface area contributed by atoms with Gasteiger partial charge < -0.3 is 29.5 Å². The van der Waals surface area contributed by atoms with Gasteiger partial charge in [-0.05, 0) is 86.1 Å². The number of rotatable bonds is 10. The van der Waals surface area contributed by atoms with Crippen LogP contribution in [0.1, 0.15) is 34.4 Å². The van der Waals surface area contributed by atoms with Crippen molar-refractivity contribution < 1.29 is 19.1 Å². The van der Waals surface area contributed by atoms with Gasteiger partial charge in [0.05, 0.1) is 6.54 Å². The average molecular weight is 549 g/mol. The van der Waals surface area contributed by atoms with E-state index < -0.39 is 0 Å². The molecule has 1 N–H and O–H groups in total. The third kappa shape index (κ3) is 6.91. The van der Waals surface area contributed by atoms with E-state index in [2.05, 4.69) is 23.2 Å². The molecule has 206 valence electrons. The third-order valence-electron chi connectivity index (χ3n) is 7.35. The largest absolute Gasteiger partial charge is 0.454 e. The number of hydrogen-bond acceptors (Lipinski definition) is 6. The molecule has 0 radical (unpaired) electrons. The fourth-order valence-electron chi connectivity index (χ4n) is 4.92. The first-order valence-electron chi connectivity index (χ1n) is 13.5. The molecule has 1 fully saturated rings. The molecule has 1 saturated heterocycles. The number of urea groups is 1. The predicted molar refractivity (Wildman–Crippen MR) is 153 cm³/mol. The normalized spacial score (nSPS) is 14.4. The molecule has 2 aromatic carbocycles. The lowest BCUT2D eigenvalue weighted by molar-refractivity contribution is -0.133. The van der Waals surface area contributed by atoms with Crippen molar-refractivity contribution in [1.82, 2.24) is 14.7 Å². The fourth-order valence-corrected chi connectivity index (χ4v) is 5.84. The number of thiophene rings is 1. The van der Waals surface area contributed by atoms with Crippen molar-refractivity contribution in [2.45, 2.75) is 39.8 Å². The van der Waals surface area contributed by atoms with Gasteiger partial charge in [0, 0.05) is 30.2 Å². The molecule has 2 aliphatic heterocycles. The van der Waals surface area contributed by atoms with Gasteiger partial charge in [0.2, 0.25) is 12.7 Å². The van der Waals surface area contributed by atoms with Gasteiger partial charge in [0.1, 0.15) is 6.54 Å². The minimum absolute atomic E-state index is 0.000525. The topological polar surface area (TPSA) is 74.4 Å². The van der Waals surface area contributed by atoms with E-state index in [0.717, 1.165) is 46.9 Å². The maximum absolute atomic E-state index is 13.9. The van der Waals surface area contributed by atoms with Gasteiger partial charge in [-0.25, -0.2) is 4.79 Å². The van der Waals surface area contributed by atoms with Crippen LogP contribution in [0.3, 0.4) is 0 Å². The Kier molecular flexibility index (Phi) is 8.68. The molecule has 3 aromatic rings. The zero-order valence-electron chi connectivity index (χ0n) is 22.7. The number of benzene rings is 2. The number of carbonyl (C=O) groups excluding carboxylic acids is 2. The van der Waals surface area contributed by atoms with Crippen LogP contribution in [0.15, 0.2) is 53.9 Å². The Morgan fingerprint density at radius 2 is 1.74 bits per heavy atom. The van der Waals surface area contributed by atoms with E-state index in [1.165, 1.54) is 12.8 Å². The minimum atomic E-state index is -0.257. The van der Waals surface area contributed by atoms with Crippen molar-refractivity contribution in [1.29, 1.82) is 0 Å². The van der Waals surface area contributed by atoms with Crippen LogP contribution in [0.4, 0.5) is 10.5 Å². The first kappa shape index (κ1) is 27.0. The van der Waals surface area contributed by atoms with E-state index in [4.69, 9.17) is 9.47 Å². The molecule has 0 spiro atoms. The maximum atomic E-state index is 13.9. The van der Waals surface area contributed by atoms with Crippen molar-refractivity contribution in [3.05, 3.63) is 75.5 Å². The minimum Gasteiger partial charge on any atom is -0.454 e. The summed E-state index contributed by atoms with van der Waals surface area (Å²) in [5.41, 5.74) is 3.85. The van der Waals surface area contributed by atoms with E-state index in [9.17, 15) is 9.59 Å². The molecule has 2 aliphatic rings. The van der Waals surface area contributed by atoms with E-state index in [1.54, 1.807) is 16.2 Å². The van der Waals surface area contributed by atoms with Crippen molar-refractivity contribution in [3.63, 3.8) is 0 Å². The molecule has 1 aromatic heterocycles. The summed E-state index contributed by atoms with van der Waals surface area (Å²) in [6.45, 7) is 8.43. The number of likely N-dealkylation sites (tertiary alicyclic amines) is 1. The highest BCUT2D eigenvalue weighted by molar-refractivity contribution is 7.10. The monoisotopic (exact) mass is 548 g/mol. The van der Waals surface area contributed by atoms with Crippen molar-refractivity contribution in [3.8, 4) is 11.5 Å². The SMILES string of the molecule is Cc1ccccc1NC(=O)N(CCN1CCCC1)CC(=O)N(Cc1ccc2c(c1)OCO2)Cc1sccc1C. The molecule has 0 aliphatic carbocycles. The van der Waals surface area contributed by atoms with Crippen LogP contribution in [0.25, 0.3) is 0 Å². The Hall–Kier alpha value is -3.56. The van der Waals surface area contributed by atoms with Crippen LogP contribution >= 0.6 is 11.3 Å². The second-order valence-corrected chi connectivity index (χ2v) is 11.2. The van der Waals surface area contributed by atoms with Crippen molar-refractivity contribution in [2.24, 2.45) is 0 Å². The van der Waals surface area contributed by atoms with Gasteiger partial charge in [0.25, 0.3) is 0 Å². The van der Waals surface area contributed by atoms with Gasteiger partial charge in [-0.1, -0.05) is 24.3 Å². The van der Waals surface area contributed by atoms with Crippen LogP contribution in [0.5, 0.6) is 11.5 Å². The first-order valence-corrected chi connectivity index (χ1v) is 14.4. The molecular weight excluding hydrogens is 512 g/mol. The number of fused-ring (bicyclic) bond motifs is 1. The molecule has 0 unspecified atom stereocenters. The first-order chi connectivity index (χ1) is 19.0. The zero-order chi connectivity index (χ0) is 27.2. The quantitative estimate of drug-likeness (QED) is 0.375. The number of ether oxygens (including phenoxy) is 2. The lowest BCUT2D eigenvalue weighted by Gasteiger charge is -2.29. The van der Waals surface area contributed by atoms with Gasteiger partial charge in [0.15, 0.2) is 11.5 Å². The third-order valence-corrected chi connectivity index (χ3v) is 8.36. The Morgan fingerprint density at radius 1 is 0.949 bits per heavy atom. The van der Waals surface area contributed by atoms with Gasteiger partial charge in [-0.15, -0.1) is 11.3 Å². The van der Waals surface area contributed by atoms with Gasteiger partial charge in [-0.2, -0.15) is 0 Å². The summed E-state index contributed by atoms with van der Waals surface area (Å²) < 4.78 is 11.0. The average Bonchev–Trinajstić information content (AvgIpc) is 3.70. The number of para-hydroxylation sites is 1. The maximum Gasteiger partial charge on any atom is 0.322 e. The highest BCUT2D eigenvalue weighted by Gasteiger charge is 2.25. The lowest BCUT2D eigenvalue weighted by Crippen LogP contribution is -2.46. The van der Waals surface area contributed by atoms with Crippen molar-refractivity contribution >= 4 is 29.0 Å². The molecule has 3 heterocycles. The second kappa shape index (κ2) is 12.5.